The lowest BCUT2D eigenvalue weighted by atomic mass is 9.95. The molecule has 2 heterocycles. The minimum absolute atomic E-state index is 0.175. The molecule has 0 aliphatic carbocycles. The van der Waals surface area contributed by atoms with Crippen molar-refractivity contribution < 1.29 is 19.1 Å². The number of hydrogen-bond acceptors (Lipinski definition) is 6. The summed E-state index contributed by atoms with van der Waals surface area (Å²) >= 11 is 0. The molecule has 2 aromatic carbocycles. The van der Waals surface area contributed by atoms with Crippen molar-refractivity contribution >= 4 is 40.1 Å². The van der Waals surface area contributed by atoms with Crippen molar-refractivity contribution in [2.24, 2.45) is 0 Å². The Labute approximate surface area is 204 Å². The van der Waals surface area contributed by atoms with Gasteiger partial charge in [-0.25, -0.2) is 4.79 Å². The van der Waals surface area contributed by atoms with E-state index in [1.165, 1.54) is 6.92 Å². The van der Waals surface area contributed by atoms with Crippen LogP contribution in [0.25, 0.3) is 10.9 Å². The second kappa shape index (κ2) is 10.7. The van der Waals surface area contributed by atoms with Gasteiger partial charge in [0.25, 0.3) is 5.91 Å². The first-order chi connectivity index (χ1) is 16.9. The minimum Gasteiger partial charge on any atom is -0.449 e. The Morgan fingerprint density at radius 3 is 2.43 bits per heavy atom. The fourth-order valence-electron chi connectivity index (χ4n) is 4.34. The molecular formula is C27H30N4O4. The number of para-hydroxylation sites is 1. The van der Waals surface area contributed by atoms with Crippen LogP contribution in [-0.2, 0) is 27.3 Å². The number of benzene rings is 2. The van der Waals surface area contributed by atoms with E-state index in [4.69, 9.17) is 9.72 Å². The van der Waals surface area contributed by atoms with Crippen molar-refractivity contribution in [2.75, 3.05) is 23.7 Å². The first-order valence-corrected chi connectivity index (χ1v) is 11.9. The molecule has 0 spiro atoms. The van der Waals surface area contributed by atoms with E-state index in [2.05, 4.69) is 22.5 Å². The van der Waals surface area contributed by atoms with Gasteiger partial charge >= 0.3 is 5.97 Å². The standard InChI is InChI=1S/C27H30N4O4/c1-4-14-31-15-13-24-22(16-31)25(21-7-5-6-8-23(21)30-24)27(34)35-17(2)26(33)29-20-11-9-19(10-12-20)28-18(3)32/h5-12,17H,4,13-16H2,1-3H3,(H,28,32)(H,29,33). The number of carbonyl (C=O) groups is 3. The highest BCUT2D eigenvalue weighted by atomic mass is 16.5. The van der Waals surface area contributed by atoms with Crippen LogP contribution >= 0.6 is 0 Å². The number of anilines is 2. The summed E-state index contributed by atoms with van der Waals surface area (Å²) in [6, 6.07) is 14.3. The maximum atomic E-state index is 13.4. The van der Waals surface area contributed by atoms with Crippen molar-refractivity contribution in [1.29, 1.82) is 0 Å². The third-order valence-corrected chi connectivity index (χ3v) is 6.00. The molecule has 0 saturated carbocycles. The van der Waals surface area contributed by atoms with Crippen molar-refractivity contribution in [2.45, 2.75) is 46.3 Å². The van der Waals surface area contributed by atoms with Gasteiger partial charge in [-0.1, -0.05) is 25.1 Å². The lowest BCUT2D eigenvalue weighted by Gasteiger charge is -2.29. The third kappa shape index (κ3) is 5.66. The van der Waals surface area contributed by atoms with Gasteiger partial charge in [-0.15, -0.1) is 0 Å². The number of ether oxygens (including phenoxy) is 1. The Morgan fingerprint density at radius 2 is 1.74 bits per heavy atom. The van der Waals surface area contributed by atoms with Gasteiger partial charge in [-0.05, 0) is 50.2 Å². The first kappa shape index (κ1) is 24.3. The van der Waals surface area contributed by atoms with Gasteiger partial charge in [0.1, 0.15) is 0 Å². The average Bonchev–Trinajstić information content (AvgIpc) is 2.83. The fraction of sp³-hybridized carbons (Fsp3) is 0.333. The van der Waals surface area contributed by atoms with Crippen LogP contribution in [0.15, 0.2) is 48.5 Å². The summed E-state index contributed by atoms with van der Waals surface area (Å²) in [5.41, 5.74) is 4.20. The van der Waals surface area contributed by atoms with E-state index in [1.807, 2.05) is 24.3 Å². The molecule has 0 bridgehead atoms. The van der Waals surface area contributed by atoms with Crippen LogP contribution in [0.4, 0.5) is 11.4 Å². The Bertz CT molecular complexity index is 1260. The van der Waals surface area contributed by atoms with Crippen LogP contribution in [0.3, 0.4) is 0 Å². The number of pyridine rings is 1. The molecule has 0 fully saturated rings. The molecule has 182 valence electrons. The van der Waals surface area contributed by atoms with E-state index in [9.17, 15) is 14.4 Å². The quantitative estimate of drug-likeness (QED) is 0.499. The number of amides is 2. The average molecular weight is 475 g/mol. The summed E-state index contributed by atoms with van der Waals surface area (Å²) in [4.78, 5) is 44.5. The largest absolute Gasteiger partial charge is 0.449 e. The predicted molar refractivity (Wildman–Crippen MR) is 135 cm³/mol. The van der Waals surface area contributed by atoms with Gasteiger partial charge in [-0.2, -0.15) is 0 Å². The SMILES string of the molecule is CCCN1CCc2nc3ccccc3c(C(=O)OC(C)C(=O)Nc3ccc(NC(C)=O)cc3)c2C1. The van der Waals surface area contributed by atoms with Crippen molar-refractivity contribution in [1.82, 2.24) is 9.88 Å². The van der Waals surface area contributed by atoms with Crippen molar-refractivity contribution in [3.05, 3.63) is 65.4 Å². The maximum Gasteiger partial charge on any atom is 0.339 e. The second-order valence-electron chi connectivity index (χ2n) is 8.75. The molecule has 2 N–H and O–H groups in total. The van der Waals surface area contributed by atoms with Gasteiger partial charge in [0.2, 0.25) is 5.91 Å². The number of aromatic nitrogens is 1. The smallest absolute Gasteiger partial charge is 0.339 e. The zero-order chi connectivity index (χ0) is 24.9. The van der Waals surface area contributed by atoms with Gasteiger partial charge in [0.05, 0.1) is 11.1 Å². The Morgan fingerprint density at radius 1 is 1.06 bits per heavy atom. The van der Waals surface area contributed by atoms with Crippen LogP contribution in [-0.4, -0.2) is 46.9 Å². The Balaban J connectivity index is 1.53. The van der Waals surface area contributed by atoms with Gasteiger partial charge in [-0.3, -0.25) is 19.5 Å². The zero-order valence-corrected chi connectivity index (χ0v) is 20.3. The molecule has 3 aromatic rings. The monoisotopic (exact) mass is 474 g/mol. The molecule has 1 aliphatic rings. The van der Waals surface area contributed by atoms with Crippen LogP contribution in [0.2, 0.25) is 0 Å². The normalized spacial score (nSPS) is 14.1. The van der Waals surface area contributed by atoms with Gasteiger partial charge in [0.15, 0.2) is 6.10 Å². The molecule has 8 nitrogen and oxygen atoms in total. The van der Waals surface area contributed by atoms with Crippen LogP contribution in [0, 0.1) is 0 Å². The number of carbonyl (C=O) groups excluding carboxylic acids is 3. The van der Waals surface area contributed by atoms with Crippen LogP contribution in [0.1, 0.15) is 48.8 Å². The van der Waals surface area contributed by atoms with Crippen molar-refractivity contribution in [3.63, 3.8) is 0 Å². The molecule has 1 atom stereocenters. The number of hydrogen-bond donors (Lipinski definition) is 2. The number of fused-ring (bicyclic) bond motifs is 2. The van der Waals surface area contributed by atoms with Gasteiger partial charge in [0, 0.05) is 54.5 Å². The summed E-state index contributed by atoms with van der Waals surface area (Å²) in [6.45, 7) is 7.60. The summed E-state index contributed by atoms with van der Waals surface area (Å²) < 4.78 is 5.66. The summed E-state index contributed by atoms with van der Waals surface area (Å²) in [5, 5.41) is 6.16. The molecule has 1 aliphatic heterocycles. The number of rotatable bonds is 7. The molecule has 0 radical (unpaired) electrons. The summed E-state index contributed by atoms with van der Waals surface area (Å²) in [5.74, 6) is -1.14. The number of esters is 1. The topological polar surface area (TPSA) is 101 Å². The van der Waals surface area contributed by atoms with E-state index >= 15 is 0 Å². The second-order valence-corrected chi connectivity index (χ2v) is 8.75. The third-order valence-electron chi connectivity index (χ3n) is 6.00. The molecule has 8 heteroatoms. The molecule has 1 unspecified atom stereocenters. The minimum atomic E-state index is -1.00. The van der Waals surface area contributed by atoms with E-state index in [-0.39, 0.29) is 5.91 Å². The molecule has 0 saturated heterocycles. The molecule has 1 aromatic heterocycles. The maximum absolute atomic E-state index is 13.4. The van der Waals surface area contributed by atoms with Gasteiger partial charge < -0.3 is 15.4 Å². The Hall–Kier alpha value is -3.78. The molecule has 4 rings (SSSR count). The molecular weight excluding hydrogens is 444 g/mol. The molecule has 35 heavy (non-hydrogen) atoms. The summed E-state index contributed by atoms with van der Waals surface area (Å²) in [6.07, 6.45) is 0.791. The van der Waals surface area contributed by atoms with E-state index in [0.717, 1.165) is 48.1 Å². The van der Waals surface area contributed by atoms with Crippen LogP contribution in [0.5, 0.6) is 0 Å². The fourth-order valence-corrected chi connectivity index (χ4v) is 4.34. The number of nitrogens with one attached hydrogen (secondary N) is 2. The van der Waals surface area contributed by atoms with E-state index < -0.39 is 18.0 Å². The van der Waals surface area contributed by atoms with E-state index in [0.29, 0.717) is 23.5 Å². The zero-order valence-electron chi connectivity index (χ0n) is 20.3. The lowest BCUT2D eigenvalue weighted by Crippen LogP contribution is -2.34. The highest BCUT2D eigenvalue weighted by molar-refractivity contribution is 6.06. The van der Waals surface area contributed by atoms with Crippen molar-refractivity contribution in [3.8, 4) is 0 Å². The highest BCUT2D eigenvalue weighted by Gasteiger charge is 2.28. The Kier molecular flexibility index (Phi) is 7.41. The highest BCUT2D eigenvalue weighted by Crippen LogP contribution is 2.29. The number of nitrogens with zero attached hydrogens (tertiary/aromatic N) is 2. The first-order valence-electron chi connectivity index (χ1n) is 11.9. The van der Waals surface area contributed by atoms with E-state index in [1.54, 1.807) is 31.2 Å². The lowest BCUT2D eigenvalue weighted by molar-refractivity contribution is -0.123. The predicted octanol–water partition coefficient (Wildman–Crippen LogP) is 4.15. The molecule has 2 amide bonds. The summed E-state index contributed by atoms with van der Waals surface area (Å²) in [7, 11) is 0. The van der Waals surface area contributed by atoms with Crippen LogP contribution < -0.4 is 10.6 Å².